The fourth-order valence-corrected chi connectivity index (χ4v) is 1.41. The molecule has 1 aromatic rings. The highest BCUT2D eigenvalue weighted by Gasteiger charge is 2.05. The summed E-state index contributed by atoms with van der Waals surface area (Å²) >= 11 is 0. The molecule has 0 atom stereocenters. The predicted octanol–water partition coefficient (Wildman–Crippen LogP) is 0.845. The number of likely N-dealkylation sites (N-methyl/N-ethyl adjacent to an activating group) is 1. The van der Waals surface area contributed by atoms with Crippen molar-refractivity contribution >= 4 is 0 Å². The van der Waals surface area contributed by atoms with Crippen LogP contribution in [0.25, 0.3) is 0 Å². The first-order chi connectivity index (χ1) is 7.72. The largest absolute Gasteiger partial charge is 0.339 e. The van der Waals surface area contributed by atoms with E-state index >= 15 is 0 Å². The van der Waals surface area contributed by atoms with Gasteiger partial charge in [-0.2, -0.15) is 4.98 Å². The smallest absolute Gasteiger partial charge is 0.226 e. The average Bonchev–Trinajstić information content (AvgIpc) is 2.70. The molecule has 0 amide bonds. The van der Waals surface area contributed by atoms with Gasteiger partial charge < -0.3 is 15.2 Å². The SMILES string of the molecule is CN(C)CCc1noc(CCCCCN)n1. The molecule has 2 N–H and O–H groups in total. The van der Waals surface area contributed by atoms with Gasteiger partial charge in [0.15, 0.2) is 5.82 Å². The van der Waals surface area contributed by atoms with Crippen LogP contribution in [0, 0.1) is 0 Å². The van der Waals surface area contributed by atoms with Crippen LogP contribution in [0.2, 0.25) is 0 Å². The molecule has 1 aromatic heterocycles. The van der Waals surface area contributed by atoms with E-state index in [0.717, 1.165) is 56.9 Å². The lowest BCUT2D eigenvalue weighted by Crippen LogP contribution is -2.15. The van der Waals surface area contributed by atoms with E-state index < -0.39 is 0 Å². The van der Waals surface area contributed by atoms with E-state index in [1.54, 1.807) is 0 Å². The van der Waals surface area contributed by atoms with Crippen molar-refractivity contribution in [2.24, 2.45) is 5.73 Å². The molecular formula is C11H22N4O. The summed E-state index contributed by atoms with van der Waals surface area (Å²) in [7, 11) is 4.07. The third-order valence-corrected chi connectivity index (χ3v) is 2.39. The second-order valence-electron chi connectivity index (χ2n) is 4.26. The maximum Gasteiger partial charge on any atom is 0.226 e. The minimum atomic E-state index is 0.755. The van der Waals surface area contributed by atoms with Crippen LogP contribution in [0.5, 0.6) is 0 Å². The van der Waals surface area contributed by atoms with E-state index in [1.165, 1.54) is 0 Å². The molecule has 5 nitrogen and oxygen atoms in total. The molecular weight excluding hydrogens is 204 g/mol. The van der Waals surface area contributed by atoms with Gasteiger partial charge in [-0.15, -0.1) is 0 Å². The van der Waals surface area contributed by atoms with Crippen LogP contribution in [0.3, 0.4) is 0 Å². The Balaban J connectivity index is 2.22. The summed E-state index contributed by atoms with van der Waals surface area (Å²) in [5, 5.41) is 3.95. The molecule has 0 fully saturated rings. The van der Waals surface area contributed by atoms with Crippen molar-refractivity contribution in [2.75, 3.05) is 27.2 Å². The first-order valence-electron chi connectivity index (χ1n) is 5.88. The molecule has 16 heavy (non-hydrogen) atoms. The monoisotopic (exact) mass is 226 g/mol. The van der Waals surface area contributed by atoms with Gasteiger partial charge in [-0.3, -0.25) is 0 Å². The van der Waals surface area contributed by atoms with Crippen molar-refractivity contribution in [1.82, 2.24) is 15.0 Å². The van der Waals surface area contributed by atoms with Crippen LogP contribution >= 0.6 is 0 Å². The Morgan fingerprint density at radius 2 is 2.00 bits per heavy atom. The number of aryl methyl sites for hydroxylation is 1. The number of hydrogen-bond donors (Lipinski definition) is 1. The number of nitrogens with zero attached hydrogens (tertiary/aromatic N) is 3. The molecule has 0 aliphatic rings. The maximum absolute atomic E-state index is 5.42. The van der Waals surface area contributed by atoms with Crippen molar-refractivity contribution in [1.29, 1.82) is 0 Å². The third-order valence-electron chi connectivity index (χ3n) is 2.39. The quantitative estimate of drug-likeness (QED) is 0.665. The lowest BCUT2D eigenvalue weighted by molar-refractivity contribution is 0.362. The Bertz CT molecular complexity index is 285. The first-order valence-corrected chi connectivity index (χ1v) is 5.88. The molecule has 0 saturated carbocycles. The van der Waals surface area contributed by atoms with Crippen LogP contribution in [-0.4, -0.2) is 42.2 Å². The maximum atomic E-state index is 5.42. The lowest BCUT2D eigenvalue weighted by Gasteiger charge is -2.05. The minimum Gasteiger partial charge on any atom is -0.339 e. The van der Waals surface area contributed by atoms with Gasteiger partial charge in [0.2, 0.25) is 5.89 Å². The van der Waals surface area contributed by atoms with Crippen LogP contribution in [0.1, 0.15) is 31.0 Å². The molecule has 0 aliphatic heterocycles. The molecule has 0 bridgehead atoms. The van der Waals surface area contributed by atoms with E-state index in [-0.39, 0.29) is 0 Å². The summed E-state index contributed by atoms with van der Waals surface area (Å²) in [5.74, 6) is 1.56. The lowest BCUT2D eigenvalue weighted by atomic mass is 10.2. The van der Waals surface area contributed by atoms with Crippen molar-refractivity contribution in [2.45, 2.75) is 32.1 Å². The Morgan fingerprint density at radius 3 is 2.69 bits per heavy atom. The summed E-state index contributed by atoms with van der Waals surface area (Å²) in [5.41, 5.74) is 5.42. The Morgan fingerprint density at radius 1 is 1.19 bits per heavy atom. The van der Waals surface area contributed by atoms with E-state index in [2.05, 4.69) is 15.0 Å². The van der Waals surface area contributed by atoms with Gasteiger partial charge in [0.05, 0.1) is 0 Å². The number of hydrogen-bond acceptors (Lipinski definition) is 5. The zero-order valence-corrected chi connectivity index (χ0v) is 10.3. The summed E-state index contributed by atoms with van der Waals surface area (Å²) in [6, 6.07) is 0. The van der Waals surface area contributed by atoms with Crippen molar-refractivity contribution in [3.05, 3.63) is 11.7 Å². The molecule has 1 heterocycles. The van der Waals surface area contributed by atoms with Crippen LogP contribution in [0.15, 0.2) is 4.52 Å². The summed E-state index contributed by atoms with van der Waals surface area (Å²) in [4.78, 5) is 6.45. The van der Waals surface area contributed by atoms with Gasteiger partial charge in [-0.1, -0.05) is 11.6 Å². The number of rotatable bonds is 8. The standard InChI is InChI=1S/C11H22N4O/c1-15(2)9-7-10-13-11(16-14-10)6-4-3-5-8-12/h3-9,12H2,1-2H3. The highest BCUT2D eigenvalue weighted by Crippen LogP contribution is 2.05. The van der Waals surface area contributed by atoms with E-state index in [1.807, 2.05) is 14.1 Å². The van der Waals surface area contributed by atoms with Crippen LogP contribution in [0.4, 0.5) is 0 Å². The van der Waals surface area contributed by atoms with Gasteiger partial charge in [-0.05, 0) is 33.5 Å². The van der Waals surface area contributed by atoms with Gasteiger partial charge in [0, 0.05) is 19.4 Å². The molecule has 0 unspecified atom stereocenters. The highest BCUT2D eigenvalue weighted by molar-refractivity contribution is 4.87. The summed E-state index contributed by atoms with van der Waals surface area (Å²) < 4.78 is 5.17. The number of aromatic nitrogens is 2. The normalized spacial score (nSPS) is 11.2. The Kier molecular flexibility index (Phi) is 6.03. The van der Waals surface area contributed by atoms with Crippen molar-refractivity contribution in [3.8, 4) is 0 Å². The molecule has 0 aliphatic carbocycles. The predicted molar refractivity (Wildman–Crippen MR) is 63.2 cm³/mol. The average molecular weight is 226 g/mol. The third kappa shape index (κ3) is 5.23. The van der Waals surface area contributed by atoms with Crippen molar-refractivity contribution in [3.63, 3.8) is 0 Å². The highest BCUT2D eigenvalue weighted by atomic mass is 16.5. The Hall–Kier alpha value is -0.940. The second kappa shape index (κ2) is 7.35. The van der Waals surface area contributed by atoms with Crippen molar-refractivity contribution < 1.29 is 4.52 Å². The topological polar surface area (TPSA) is 68.2 Å². The molecule has 92 valence electrons. The van der Waals surface area contributed by atoms with E-state index in [4.69, 9.17) is 10.3 Å². The fraction of sp³-hybridized carbons (Fsp3) is 0.818. The van der Waals surface area contributed by atoms with Gasteiger partial charge in [-0.25, -0.2) is 0 Å². The molecule has 0 saturated heterocycles. The molecule has 0 aromatic carbocycles. The minimum absolute atomic E-state index is 0.755. The molecule has 1 rings (SSSR count). The van der Waals surface area contributed by atoms with Gasteiger partial charge in [0.25, 0.3) is 0 Å². The summed E-state index contributed by atoms with van der Waals surface area (Å²) in [6.45, 7) is 1.71. The zero-order valence-electron chi connectivity index (χ0n) is 10.3. The van der Waals surface area contributed by atoms with Crippen LogP contribution < -0.4 is 5.73 Å². The second-order valence-corrected chi connectivity index (χ2v) is 4.26. The fourth-order valence-electron chi connectivity index (χ4n) is 1.41. The van der Waals surface area contributed by atoms with E-state index in [9.17, 15) is 0 Å². The van der Waals surface area contributed by atoms with E-state index in [0.29, 0.717) is 0 Å². The van der Waals surface area contributed by atoms with Crippen LogP contribution in [-0.2, 0) is 12.8 Å². The first kappa shape index (κ1) is 13.1. The number of nitrogens with two attached hydrogens (primary N) is 1. The number of unbranched alkanes of at least 4 members (excludes halogenated alkanes) is 2. The van der Waals surface area contributed by atoms with Gasteiger partial charge in [0.1, 0.15) is 0 Å². The molecule has 0 spiro atoms. The zero-order chi connectivity index (χ0) is 11.8. The molecule has 5 heteroatoms. The Labute approximate surface area is 97.0 Å². The molecule has 0 radical (unpaired) electrons. The summed E-state index contributed by atoms with van der Waals surface area (Å²) in [6.07, 6.45) is 4.99. The van der Waals surface area contributed by atoms with Gasteiger partial charge >= 0.3 is 0 Å².